The molecule has 3 heterocycles. The minimum Gasteiger partial charge on any atom is -0.508 e. The van der Waals surface area contributed by atoms with Crippen LogP contribution in [0.5, 0.6) is 11.5 Å². The summed E-state index contributed by atoms with van der Waals surface area (Å²) in [5.41, 5.74) is 12.4. The van der Waals surface area contributed by atoms with Crippen LogP contribution in [0.3, 0.4) is 0 Å². The third-order valence-corrected chi connectivity index (χ3v) is 5.50. The lowest BCUT2D eigenvalue weighted by Gasteiger charge is -2.13. The van der Waals surface area contributed by atoms with Crippen LogP contribution in [-0.4, -0.2) is 37.9 Å². The molecular weight excluding hydrogens is 390 g/mol. The maximum atomic E-state index is 9.76. The first-order valence-electron chi connectivity index (χ1n) is 10.1. The van der Waals surface area contributed by atoms with Crippen molar-refractivity contribution in [3.05, 3.63) is 72.3 Å². The average molecular weight is 413 g/mol. The predicted molar refractivity (Wildman–Crippen MR) is 121 cm³/mol. The predicted octanol–water partition coefficient (Wildman–Crippen LogP) is 4.07. The largest absolute Gasteiger partial charge is 0.508 e. The number of hydrogen-bond acceptors (Lipinski definition) is 5. The van der Waals surface area contributed by atoms with Crippen LogP contribution in [0.25, 0.3) is 32.9 Å². The van der Waals surface area contributed by atoms with E-state index in [1.165, 1.54) is 0 Å². The molecule has 7 nitrogen and oxygen atoms in total. The van der Waals surface area contributed by atoms with Gasteiger partial charge in [-0.2, -0.15) is 5.10 Å². The van der Waals surface area contributed by atoms with E-state index in [2.05, 4.69) is 26.2 Å². The second-order valence-electron chi connectivity index (χ2n) is 7.80. The number of ether oxygens (including phenoxy) is 1. The molecule has 0 saturated heterocycles. The van der Waals surface area contributed by atoms with Crippen LogP contribution in [0.2, 0.25) is 0 Å². The molecule has 3 aromatic heterocycles. The lowest BCUT2D eigenvalue weighted by Crippen LogP contribution is -2.30. The first-order chi connectivity index (χ1) is 15.1. The number of benzene rings is 2. The zero-order valence-electron chi connectivity index (χ0n) is 17.1. The van der Waals surface area contributed by atoms with Crippen molar-refractivity contribution in [1.29, 1.82) is 0 Å². The molecule has 156 valence electrons. The van der Waals surface area contributed by atoms with E-state index in [9.17, 15) is 5.11 Å². The van der Waals surface area contributed by atoms with Crippen molar-refractivity contribution in [2.45, 2.75) is 19.4 Å². The third-order valence-electron chi connectivity index (χ3n) is 5.50. The first kappa shape index (κ1) is 19.1. The number of aromatic nitrogens is 4. The number of phenolic OH excluding ortho intramolecular Hbond substituents is 1. The Bertz CT molecular complexity index is 1370. The fourth-order valence-corrected chi connectivity index (χ4v) is 3.86. The van der Waals surface area contributed by atoms with Crippen LogP contribution in [0, 0.1) is 6.92 Å². The van der Waals surface area contributed by atoms with E-state index in [1.54, 1.807) is 18.3 Å². The van der Waals surface area contributed by atoms with Crippen molar-refractivity contribution in [2.75, 3.05) is 6.61 Å². The normalized spacial score (nSPS) is 12.5. The van der Waals surface area contributed by atoms with Gasteiger partial charge in [-0.25, -0.2) is 0 Å². The fraction of sp³-hybridized carbons (Fsp3) is 0.167. The number of phenols is 1. The number of rotatable bonds is 6. The van der Waals surface area contributed by atoms with Gasteiger partial charge in [0, 0.05) is 40.3 Å². The summed E-state index contributed by atoms with van der Waals surface area (Å²) in [5.74, 6) is 0.915. The molecule has 5 aromatic rings. The molecular formula is C24H23N5O2. The summed E-state index contributed by atoms with van der Waals surface area (Å²) in [4.78, 5) is 7.54. The van der Waals surface area contributed by atoms with Gasteiger partial charge in [0.2, 0.25) is 0 Å². The fourth-order valence-electron chi connectivity index (χ4n) is 3.86. The molecule has 0 spiro atoms. The minimum atomic E-state index is -0.199. The van der Waals surface area contributed by atoms with Crippen molar-refractivity contribution in [1.82, 2.24) is 20.2 Å². The molecule has 0 bridgehead atoms. The van der Waals surface area contributed by atoms with Gasteiger partial charge in [0.05, 0.1) is 17.4 Å². The zero-order chi connectivity index (χ0) is 21.4. The summed E-state index contributed by atoms with van der Waals surface area (Å²) >= 11 is 0. The van der Waals surface area contributed by atoms with E-state index < -0.39 is 0 Å². The van der Waals surface area contributed by atoms with E-state index in [1.807, 2.05) is 43.6 Å². The molecule has 0 saturated carbocycles. The highest BCUT2D eigenvalue weighted by Crippen LogP contribution is 2.27. The first-order valence-corrected chi connectivity index (χ1v) is 10.1. The Morgan fingerprint density at radius 2 is 1.90 bits per heavy atom. The van der Waals surface area contributed by atoms with Crippen LogP contribution in [0.15, 0.2) is 61.1 Å². The molecule has 5 N–H and O–H groups in total. The highest BCUT2D eigenvalue weighted by molar-refractivity contribution is 5.86. The minimum absolute atomic E-state index is 0.199. The highest BCUT2D eigenvalue weighted by Gasteiger charge is 2.11. The SMILES string of the molecule is Cc1n[nH]c2ccc(-c3cncc(OCC(N)Cc4c[nH]c5ccc(O)cc45)c3)cc12. The number of nitrogens with two attached hydrogens (primary N) is 1. The molecule has 0 amide bonds. The Hall–Kier alpha value is -3.84. The summed E-state index contributed by atoms with van der Waals surface area (Å²) in [6.07, 6.45) is 6.08. The van der Waals surface area contributed by atoms with Gasteiger partial charge >= 0.3 is 0 Å². The van der Waals surface area contributed by atoms with Crippen LogP contribution < -0.4 is 10.5 Å². The van der Waals surface area contributed by atoms with Crippen molar-refractivity contribution < 1.29 is 9.84 Å². The summed E-state index contributed by atoms with van der Waals surface area (Å²) in [6.45, 7) is 2.34. The van der Waals surface area contributed by atoms with Crippen molar-refractivity contribution in [3.63, 3.8) is 0 Å². The van der Waals surface area contributed by atoms with Gasteiger partial charge in [0.25, 0.3) is 0 Å². The van der Waals surface area contributed by atoms with Crippen LogP contribution >= 0.6 is 0 Å². The number of nitrogens with zero attached hydrogens (tertiary/aromatic N) is 2. The van der Waals surface area contributed by atoms with Gasteiger partial charge in [0.1, 0.15) is 18.1 Å². The van der Waals surface area contributed by atoms with Gasteiger partial charge in [-0.1, -0.05) is 6.07 Å². The van der Waals surface area contributed by atoms with Crippen LogP contribution in [-0.2, 0) is 6.42 Å². The molecule has 7 heteroatoms. The molecule has 1 atom stereocenters. The molecule has 0 aliphatic heterocycles. The van der Waals surface area contributed by atoms with E-state index in [-0.39, 0.29) is 11.8 Å². The Kier molecular flexibility index (Phi) is 4.80. The van der Waals surface area contributed by atoms with Gasteiger partial charge in [0.15, 0.2) is 0 Å². The molecule has 0 aliphatic rings. The van der Waals surface area contributed by atoms with Crippen molar-refractivity contribution in [3.8, 4) is 22.6 Å². The molecule has 1 unspecified atom stereocenters. The number of H-pyrrole nitrogens is 2. The lowest BCUT2D eigenvalue weighted by molar-refractivity contribution is 0.287. The second-order valence-corrected chi connectivity index (χ2v) is 7.80. The molecule has 0 fully saturated rings. The molecule has 0 aliphatic carbocycles. The molecule has 0 radical (unpaired) electrons. The smallest absolute Gasteiger partial charge is 0.138 e. The van der Waals surface area contributed by atoms with E-state index in [4.69, 9.17) is 10.5 Å². The molecule has 5 rings (SSSR count). The summed E-state index contributed by atoms with van der Waals surface area (Å²) in [5, 5.41) is 19.1. The van der Waals surface area contributed by atoms with Gasteiger partial charge in [-0.05, 0) is 60.9 Å². The van der Waals surface area contributed by atoms with Gasteiger partial charge in [-0.15, -0.1) is 0 Å². The number of aryl methyl sites for hydroxylation is 1. The summed E-state index contributed by atoms with van der Waals surface area (Å²) < 4.78 is 5.95. The summed E-state index contributed by atoms with van der Waals surface area (Å²) in [7, 11) is 0. The molecule has 2 aromatic carbocycles. The number of nitrogens with one attached hydrogen (secondary N) is 2. The number of aromatic hydroxyl groups is 1. The quantitative estimate of drug-likeness (QED) is 0.335. The highest BCUT2D eigenvalue weighted by atomic mass is 16.5. The Balaban J connectivity index is 1.29. The van der Waals surface area contributed by atoms with E-state index >= 15 is 0 Å². The second kappa shape index (κ2) is 7.77. The monoisotopic (exact) mass is 413 g/mol. The Morgan fingerprint density at radius 3 is 2.81 bits per heavy atom. The summed E-state index contributed by atoms with van der Waals surface area (Å²) in [6, 6.07) is 13.2. The van der Waals surface area contributed by atoms with E-state index in [0.717, 1.165) is 44.2 Å². The van der Waals surface area contributed by atoms with Crippen molar-refractivity contribution >= 4 is 21.8 Å². The standard InChI is InChI=1S/C24H23N5O2/c1-14-21-8-15(2-4-24(21)29-28-14)16-7-20(12-26-10-16)31-13-18(25)6-17-11-27-23-5-3-19(30)9-22(17)23/h2-5,7-12,18,27,30H,6,13,25H2,1H3,(H,28,29). The number of aromatic amines is 2. The zero-order valence-corrected chi connectivity index (χ0v) is 17.1. The third kappa shape index (κ3) is 3.83. The van der Waals surface area contributed by atoms with Crippen LogP contribution in [0.4, 0.5) is 0 Å². The number of hydrogen-bond donors (Lipinski definition) is 4. The average Bonchev–Trinajstić information content (AvgIpc) is 3.35. The van der Waals surface area contributed by atoms with Crippen molar-refractivity contribution in [2.24, 2.45) is 5.73 Å². The number of pyridine rings is 1. The molecule has 31 heavy (non-hydrogen) atoms. The Morgan fingerprint density at radius 1 is 1.03 bits per heavy atom. The topological polar surface area (TPSA) is 113 Å². The lowest BCUT2D eigenvalue weighted by atomic mass is 10.0. The van der Waals surface area contributed by atoms with Crippen LogP contribution in [0.1, 0.15) is 11.3 Å². The van der Waals surface area contributed by atoms with E-state index in [0.29, 0.717) is 18.8 Å². The maximum absolute atomic E-state index is 9.76. The Labute approximate surface area is 178 Å². The van der Waals surface area contributed by atoms with Gasteiger partial charge in [-0.3, -0.25) is 10.1 Å². The maximum Gasteiger partial charge on any atom is 0.138 e. The van der Waals surface area contributed by atoms with Gasteiger partial charge < -0.3 is 20.6 Å². The number of fused-ring (bicyclic) bond motifs is 2.